The zero-order valence-corrected chi connectivity index (χ0v) is 12.3. The maximum Gasteiger partial charge on any atom is 0.254 e. The average Bonchev–Trinajstić information content (AvgIpc) is 2.58. The lowest BCUT2D eigenvalue weighted by Crippen LogP contribution is -2.30. The molecule has 0 aliphatic rings. The predicted molar refractivity (Wildman–Crippen MR) is 79.1 cm³/mol. The third-order valence-corrected chi connectivity index (χ3v) is 3.29. The Labute approximate surface area is 132 Å². The zero-order chi connectivity index (χ0) is 16.8. The van der Waals surface area contributed by atoms with Gasteiger partial charge in [-0.15, -0.1) is 0 Å². The Bertz CT molecular complexity index is 739. The number of hydrogen-bond acceptors (Lipinski definition) is 3. The molecule has 2 aromatic rings. The zero-order valence-electron chi connectivity index (χ0n) is 12.3. The van der Waals surface area contributed by atoms with Crippen molar-refractivity contribution in [2.24, 2.45) is 0 Å². The molecule has 0 heterocycles. The largest absolute Gasteiger partial charge is 0.367 e. The summed E-state index contributed by atoms with van der Waals surface area (Å²) in [6.07, 6.45) is -1.25. The van der Waals surface area contributed by atoms with E-state index in [4.69, 9.17) is 10.00 Å². The summed E-state index contributed by atoms with van der Waals surface area (Å²) in [4.78, 5) is 12.2. The van der Waals surface area contributed by atoms with Gasteiger partial charge in [-0.05, 0) is 23.8 Å². The van der Waals surface area contributed by atoms with Gasteiger partial charge in [0.1, 0.15) is 0 Å². The van der Waals surface area contributed by atoms with Crippen LogP contribution in [0.15, 0.2) is 42.5 Å². The normalized spacial score (nSPS) is 11.6. The van der Waals surface area contributed by atoms with Gasteiger partial charge < -0.3 is 10.1 Å². The van der Waals surface area contributed by atoms with Crippen LogP contribution < -0.4 is 5.32 Å². The van der Waals surface area contributed by atoms with E-state index in [1.165, 1.54) is 19.2 Å². The van der Waals surface area contributed by atoms with E-state index in [9.17, 15) is 13.6 Å². The van der Waals surface area contributed by atoms with Crippen LogP contribution in [0.1, 0.15) is 22.8 Å². The molecule has 1 N–H and O–H groups in total. The van der Waals surface area contributed by atoms with Crippen LogP contribution in [0.5, 0.6) is 0 Å². The van der Waals surface area contributed by atoms with Crippen molar-refractivity contribution in [3.05, 3.63) is 70.8 Å². The van der Waals surface area contributed by atoms with E-state index in [1.54, 1.807) is 24.3 Å². The number of nitrogens with zero attached hydrogens (tertiary/aromatic N) is 1. The van der Waals surface area contributed by atoms with Gasteiger partial charge in [0.05, 0.1) is 11.6 Å². The topological polar surface area (TPSA) is 62.1 Å². The number of amides is 1. The van der Waals surface area contributed by atoms with Crippen LogP contribution in [0.2, 0.25) is 0 Å². The Morgan fingerprint density at radius 1 is 1.26 bits per heavy atom. The number of benzene rings is 2. The monoisotopic (exact) mass is 316 g/mol. The molecule has 2 aromatic carbocycles. The highest BCUT2D eigenvalue weighted by Gasteiger charge is 2.24. The Morgan fingerprint density at radius 2 is 1.96 bits per heavy atom. The third kappa shape index (κ3) is 3.90. The molecule has 0 saturated heterocycles. The van der Waals surface area contributed by atoms with Crippen molar-refractivity contribution in [1.29, 1.82) is 5.26 Å². The van der Waals surface area contributed by atoms with Crippen molar-refractivity contribution in [2.45, 2.75) is 12.6 Å². The number of halogens is 2. The van der Waals surface area contributed by atoms with Crippen molar-refractivity contribution in [3.63, 3.8) is 0 Å². The van der Waals surface area contributed by atoms with Crippen LogP contribution in [0.3, 0.4) is 0 Å². The summed E-state index contributed by atoms with van der Waals surface area (Å²) in [5.41, 5.74) is 1.12. The first-order chi connectivity index (χ1) is 11.1. The van der Waals surface area contributed by atoms with E-state index < -0.39 is 23.6 Å². The summed E-state index contributed by atoms with van der Waals surface area (Å²) in [7, 11) is 1.25. The lowest BCUT2D eigenvalue weighted by Gasteiger charge is -2.16. The van der Waals surface area contributed by atoms with Crippen molar-refractivity contribution >= 4 is 5.91 Å². The molecule has 0 radical (unpaired) electrons. The molecule has 2 rings (SSSR count). The molecule has 0 unspecified atom stereocenters. The Hall–Kier alpha value is -2.78. The first-order valence-corrected chi connectivity index (χ1v) is 6.80. The number of methoxy groups -OCH3 is 1. The van der Waals surface area contributed by atoms with Gasteiger partial charge in [-0.2, -0.15) is 5.26 Å². The Balaban J connectivity index is 2.08. The highest BCUT2D eigenvalue weighted by atomic mass is 19.2. The first kappa shape index (κ1) is 16.6. The average molecular weight is 316 g/mol. The van der Waals surface area contributed by atoms with Gasteiger partial charge in [-0.25, -0.2) is 8.78 Å². The second-order valence-corrected chi connectivity index (χ2v) is 4.79. The molecule has 1 amide bonds. The van der Waals surface area contributed by atoms with Crippen molar-refractivity contribution in [3.8, 4) is 6.07 Å². The van der Waals surface area contributed by atoms with Crippen molar-refractivity contribution < 1.29 is 18.3 Å². The number of rotatable bonds is 5. The van der Waals surface area contributed by atoms with E-state index in [0.717, 1.165) is 11.6 Å². The minimum atomic E-state index is -1.25. The molecule has 1 atom stereocenters. The number of carbonyl (C=O) groups excluding carboxylic acids is 1. The number of carbonyl (C=O) groups is 1. The molecule has 0 saturated carbocycles. The maximum atomic E-state index is 13.8. The quantitative estimate of drug-likeness (QED) is 0.922. The van der Waals surface area contributed by atoms with Crippen LogP contribution in [0.25, 0.3) is 0 Å². The summed E-state index contributed by atoms with van der Waals surface area (Å²) in [6.45, 7) is 0.182. The summed E-state index contributed by atoms with van der Waals surface area (Å²) in [5, 5.41) is 11.3. The van der Waals surface area contributed by atoms with Gasteiger partial charge in [-0.3, -0.25) is 4.79 Å². The smallest absolute Gasteiger partial charge is 0.254 e. The van der Waals surface area contributed by atoms with E-state index in [0.29, 0.717) is 5.56 Å². The van der Waals surface area contributed by atoms with Crippen LogP contribution in [-0.2, 0) is 16.1 Å². The van der Waals surface area contributed by atoms with Gasteiger partial charge in [0.15, 0.2) is 17.7 Å². The Kier molecular flexibility index (Phi) is 5.39. The fourth-order valence-corrected chi connectivity index (χ4v) is 2.08. The molecule has 0 fully saturated rings. The predicted octanol–water partition coefficient (Wildman–Crippen LogP) is 2.84. The molecule has 6 heteroatoms. The van der Waals surface area contributed by atoms with E-state index >= 15 is 0 Å². The van der Waals surface area contributed by atoms with E-state index in [1.807, 2.05) is 6.07 Å². The summed E-state index contributed by atoms with van der Waals surface area (Å²) >= 11 is 0. The molecular weight excluding hydrogens is 302 g/mol. The van der Waals surface area contributed by atoms with Crippen LogP contribution in [0.4, 0.5) is 8.78 Å². The fourth-order valence-electron chi connectivity index (χ4n) is 2.08. The maximum absolute atomic E-state index is 13.8. The molecular formula is C17H14F2N2O2. The summed E-state index contributed by atoms with van der Waals surface area (Å²) in [5.74, 6) is -2.72. The van der Waals surface area contributed by atoms with Gasteiger partial charge in [0, 0.05) is 19.2 Å². The molecule has 0 aromatic heterocycles. The minimum Gasteiger partial charge on any atom is -0.367 e. The van der Waals surface area contributed by atoms with Gasteiger partial charge in [-0.1, -0.05) is 24.3 Å². The summed E-state index contributed by atoms with van der Waals surface area (Å²) in [6, 6.07) is 12.2. The first-order valence-electron chi connectivity index (χ1n) is 6.80. The number of ether oxygens (including phenoxy) is 1. The molecule has 0 spiro atoms. The van der Waals surface area contributed by atoms with Crippen LogP contribution >= 0.6 is 0 Å². The SMILES string of the molecule is CO[C@H](C(=O)NCc1ccc(C#N)cc1)c1cccc(F)c1F. The number of nitriles is 1. The Morgan fingerprint density at radius 3 is 2.57 bits per heavy atom. The van der Waals surface area contributed by atoms with Crippen LogP contribution in [0, 0.1) is 23.0 Å². The molecule has 118 valence electrons. The third-order valence-electron chi connectivity index (χ3n) is 3.29. The highest BCUT2D eigenvalue weighted by Crippen LogP contribution is 2.22. The van der Waals surface area contributed by atoms with Gasteiger partial charge >= 0.3 is 0 Å². The summed E-state index contributed by atoms with van der Waals surface area (Å²) < 4.78 is 32.1. The molecule has 0 bridgehead atoms. The molecule has 0 aliphatic heterocycles. The second kappa shape index (κ2) is 7.47. The number of nitrogens with one attached hydrogen (secondary N) is 1. The van der Waals surface area contributed by atoms with Crippen molar-refractivity contribution in [1.82, 2.24) is 5.32 Å². The van der Waals surface area contributed by atoms with Crippen molar-refractivity contribution in [2.75, 3.05) is 7.11 Å². The van der Waals surface area contributed by atoms with E-state index in [2.05, 4.69) is 5.32 Å². The highest BCUT2D eigenvalue weighted by molar-refractivity contribution is 5.82. The molecule has 23 heavy (non-hydrogen) atoms. The number of hydrogen-bond donors (Lipinski definition) is 1. The molecule has 0 aliphatic carbocycles. The molecule has 4 nitrogen and oxygen atoms in total. The minimum absolute atomic E-state index is 0.162. The van der Waals surface area contributed by atoms with E-state index in [-0.39, 0.29) is 12.1 Å². The second-order valence-electron chi connectivity index (χ2n) is 4.79. The van der Waals surface area contributed by atoms with Crippen LogP contribution in [-0.4, -0.2) is 13.0 Å². The lowest BCUT2D eigenvalue weighted by atomic mass is 10.1. The standard InChI is InChI=1S/C17H14F2N2O2/c1-23-16(13-3-2-4-14(18)15(13)19)17(22)21-10-12-7-5-11(9-20)6-8-12/h2-8,16H,10H2,1H3,(H,21,22)/t16-/m0/s1. The van der Waals surface area contributed by atoms with Gasteiger partial charge in [0.2, 0.25) is 0 Å². The lowest BCUT2D eigenvalue weighted by molar-refractivity contribution is -0.131. The van der Waals surface area contributed by atoms with Gasteiger partial charge in [0.25, 0.3) is 5.91 Å². The fraction of sp³-hybridized carbons (Fsp3) is 0.176.